The Kier molecular flexibility index (Phi) is 4.39. The molecule has 112 valence electrons. The highest BCUT2D eigenvalue weighted by atomic mass is 16.5. The molecule has 22 heavy (non-hydrogen) atoms. The number of benzene rings is 2. The molecule has 0 saturated carbocycles. The second-order valence-corrected chi connectivity index (χ2v) is 4.91. The van der Waals surface area contributed by atoms with Gasteiger partial charge in [0.05, 0.1) is 5.56 Å². The van der Waals surface area contributed by atoms with Crippen LogP contribution in [0.5, 0.6) is 5.75 Å². The van der Waals surface area contributed by atoms with Gasteiger partial charge in [0.15, 0.2) is 0 Å². The summed E-state index contributed by atoms with van der Waals surface area (Å²) in [6.45, 7) is 1.44. The van der Waals surface area contributed by atoms with Gasteiger partial charge >= 0.3 is 5.97 Å². The lowest BCUT2D eigenvalue weighted by molar-refractivity contribution is 0.0511. The third-order valence-corrected chi connectivity index (χ3v) is 3.38. The minimum Gasteiger partial charge on any atom is -0.488 e. The second kappa shape index (κ2) is 6.80. The molecule has 0 aromatic heterocycles. The van der Waals surface area contributed by atoms with Crippen LogP contribution in [0.2, 0.25) is 0 Å². The van der Waals surface area contributed by atoms with Crippen LogP contribution in [0.15, 0.2) is 60.8 Å². The maximum absolute atomic E-state index is 11.7. The number of rotatable bonds is 5. The SMILES string of the molecule is O=C(OCCN/C=C1/COc2ccccc21)c1ccccc1. The number of hydrogen-bond donors (Lipinski definition) is 1. The summed E-state index contributed by atoms with van der Waals surface area (Å²) in [6.07, 6.45) is 1.92. The summed E-state index contributed by atoms with van der Waals surface area (Å²) >= 11 is 0. The van der Waals surface area contributed by atoms with E-state index in [-0.39, 0.29) is 5.97 Å². The van der Waals surface area contributed by atoms with Crippen LogP contribution in [0.25, 0.3) is 5.57 Å². The highest BCUT2D eigenvalue weighted by Gasteiger charge is 2.16. The predicted octanol–water partition coefficient (Wildman–Crippen LogP) is 2.87. The first-order valence-corrected chi connectivity index (χ1v) is 7.21. The average Bonchev–Trinajstić information content (AvgIpc) is 2.98. The van der Waals surface area contributed by atoms with Gasteiger partial charge in [0, 0.05) is 23.9 Å². The monoisotopic (exact) mass is 295 g/mol. The first-order chi connectivity index (χ1) is 10.8. The molecule has 0 aliphatic carbocycles. The summed E-state index contributed by atoms with van der Waals surface area (Å²) in [7, 11) is 0. The molecule has 0 unspecified atom stereocenters. The number of para-hydroxylation sites is 1. The Hall–Kier alpha value is -2.75. The molecule has 0 fully saturated rings. The van der Waals surface area contributed by atoms with E-state index in [0.717, 1.165) is 16.9 Å². The number of esters is 1. The van der Waals surface area contributed by atoms with Crippen molar-refractivity contribution < 1.29 is 14.3 Å². The molecular formula is C18H17NO3. The zero-order valence-corrected chi connectivity index (χ0v) is 12.1. The molecule has 0 radical (unpaired) electrons. The van der Waals surface area contributed by atoms with Crippen molar-refractivity contribution in [1.29, 1.82) is 0 Å². The molecule has 0 saturated heterocycles. The number of carbonyl (C=O) groups is 1. The first kappa shape index (κ1) is 14.2. The Morgan fingerprint density at radius 3 is 2.77 bits per heavy atom. The quantitative estimate of drug-likeness (QED) is 0.680. The Labute approximate surface area is 129 Å². The minimum atomic E-state index is -0.301. The average molecular weight is 295 g/mol. The summed E-state index contributed by atoms with van der Waals surface area (Å²) in [6, 6.07) is 16.9. The van der Waals surface area contributed by atoms with Gasteiger partial charge in [-0.1, -0.05) is 36.4 Å². The van der Waals surface area contributed by atoms with Crippen LogP contribution < -0.4 is 10.1 Å². The van der Waals surface area contributed by atoms with E-state index < -0.39 is 0 Å². The van der Waals surface area contributed by atoms with E-state index in [1.54, 1.807) is 12.1 Å². The van der Waals surface area contributed by atoms with Crippen molar-refractivity contribution in [1.82, 2.24) is 5.32 Å². The van der Waals surface area contributed by atoms with Crippen molar-refractivity contribution >= 4 is 11.5 Å². The Morgan fingerprint density at radius 1 is 1.14 bits per heavy atom. The Bertz CT molecular complexity index is 680. The molecule has 0 amide bonds. The van der Waals surface area contributed by atoms with Crippen molar-refractivity contribution in [3.8, 4) is 5.75 Å². The van der Waals surface area contributed by atoms with E-state index in [1.807, 2.05) is 48.7 Å². The van der Waals surface area contributed by atoms with Gasteiger partial charge in [-0.05, 0) is 18.2 Å². The molecule has 3 rings (SSSR count). The van der Waals surface area contributed by atoms with Gasteiger partial charge in [-0.2, -0.15) is 0 Å². The van der Waals surface area contributed by atoms with Crippen LogP contribution in [-0.2, 0) is 4.74 Å². The fourth-order valence-corrected chi connectivity index (χ4v) is 2.27. The lowest BCUT2D eigenvalue weighted by atomic mass is 10.1. The van der Waals surface area contributed by atoms with Crippen molar-refractivity contribution in [2.24, 2.45) is 0 Å². The molecule has 1 aliphatic rings. The lowest BCUT2D eigenvalue weighted by Gasteiger charge is -2.05. The molecule has 0 bridgehead atoms. The van der Waals surface area contributed by atoms with Gasteiger partial charge in [-0.15, -0.1) is 0 Å². The highest BCUT2D eigenvalue weighted by molar-refractivity contribution is 5.89. The van der Waals surface area contributed by atoms with E-state index >= 15 is 0 Å². The minimum absolute atomic E-state index is 0.301. The van der Waals surface area contributed by atoms with E-state index in [2.05, 4.69) is 5.32 Å². The Morgan fingerprint density at radius 2 is 1.91 bits per heavy atom. The normalized spacial score (nSPS) is 14.3. The predicted molar refractivity (Wildman–Crippen MR) is 84.6 cm³/mol. The smallest absolute Gasteiger partial charge is 0.338 e. The molecular weight excluding hydrogens is 278 g/mol. The summed E-state index contributed by atoms with van der Waals surface area (Å²) in [5, 5.41) is 3.16. The first-order valence-electron chi connectivity index (χ1n) is 7.21. The van der Waals surface area contributed by atoms with Gasteiger partial charge in [0.2, 0.25) is 0 Å². The molecule has 1 heterocycles. The fourth-order valence-electron chi connectivity index (χ4n) is 2.27. The zero-order valence-electron chi connectivity index (χ0n) is 12.1. The summed E-state index contributed by atoms with van der Waals surface area (Å²) in [4.78, 5) is 11.7. The van der Waals surface area contributed by atoms with Gasteiger partial charge in [-0.25, -0.2) is 4.79 Å². The van der Waals surface area contributed by atoms with Crippen LogP contribution in [-0.4, -0.2) is 25.7 Å². The molecule has 0 atom stereocenters. The molecule has 4 nitrogen and oxygen atoms in total. The zero-order chi connectivity index (χ0) is 15.2. The van der Waals surface area contributed by atoms with E-state index in [0.29, 0.717) is 25.3 Å². The third kappa shape index (κ3) is 3.28. The maximum Gasteiger partial charge on any atom is 0.338 e. The number of ether oxygens (including phenoxy) is 2. The molecule has 2 aromatic carbocycles. The van der Waals surface area contributed by atoms with Gasteiger partial charge in [0.1, 0.15) is 19.0 Å². The van der Waals surface area contributed by atoms with Crippen LogP contribution >= 0.6 is 0 Å². The summed E-state index contributed by atoms with van der Waals surface area (Å²) in [5.74, 6) is 0.607. The van der Waals surface area contributed by atoms with Crippen molar-refractivity contribution in [3.63, 3.8) is 0 Å². The van der Waals surface area contributed by atoms with Crippen LogP contribution in [0, 0.1) is 0 Å². The molecule has 4 heteroatoms. The van der Waals surface area contributed by atoms with Crippen molar-refractivity contribution in [2.45, 2.75) is 0 Å². The summed E-state index contributed by atoms with van der Waals surface area (Å²) < 4.78 is 10.8. The fraction of sp³-hybridized carbons (Fsp3) is 0.167. The van der Waals surface area contributed by atoms with Gasteiger partial charge < -0.3 is 14.8 Å². The number of fused-ring (bicyclic) bond motifs is 1. The van der Waals surface area contributed by atoms with E-state index in [1.165, 1.54) is 0 Å². The topological polar surface area (TPSA) is 47.6 Å². The molecule has 2 aromatic rings. The summed E-state index contributed by atoms with van der Waals surface area (Å²) in [5.41, 5.74) is 2.78. The van der Waals surface area contributed by atoms with Gasteiger partial charge in [0.25, 0.3) is 0 Å². The number of hydrogen-bond acceptors (Lipinski definition) is 4. The highest BCUT2D eigenvalue weighted by Crippen LogP contribution is 2.31. The number of carbonyl (C=O) groups excluding carboxylic acids is 1. The second-order valence-electron chi connectivity index (χ2n) is 4.91. The molecule has 1 aliphatic heterocycles. The van der Waals surface area contributed by atoms with Crippen molar-refractivity contribution in [3.05, 3.63) is 71.9 Å². The number of nitrogens with one attached hydrogen (secondary N) is 1. The van der Waals surface area contributed by atoms with Crippen molar-refractivity contribution in [2.75, 3.05) is 19.8 Å². The van der Waals surface area contributed by atoms with Gasteiger partial charge in [-0.3, -0.25) is 0 Å². The van der Waals surface area contributed by atoms with E-state index in [9.17, 15) is 4.79 Å². The maximum atomic E-state index is 11.7. The third-order valence-electron chi connectivity index (χ3n) is 3.38. The Balaban J connectivity index is 1.45. The molecule has 0 spiro atoms. The standard InChI is InChI=1S/C18H17NO3/c20-18(14-6-2-1-3-7-14)21-11-10-19-12-15-13-22-17-9-5-4-8-16(15)17/h1-9,12,19H,10-11,13H2/b15-12-. The molecule has 1 N–H and O–H groups in total. The largest absolute Gasteiger partial charge is 0.488 e. The van der Waals surface area contributed by atoms with Crippen LogP contribution in [0.3, 0.4) is 0 Å². The van der Waals surface area contributed by atoms with E-state index in [4.69, 9.17) is 9.47 Å². The van der Waals surface area contributed by atoms with Crippen LogP contribution in [0.4, 0.5) is 0 Å². The lowest BCUT2D eigenvalue weighted by Crippen LogP contribution is -2.17. The van der Waals surface area contributed by atoms with Crippen LogP contribution in [0.1, 0.15) is 15.9 Å².